The van der Waals surface area contributed by atoms with E-state index in [0.29, 0.717) is 17.3 Å². The van der Waals surface area contributed by atoms with Crippen LogP contribution in [0.2, 0.25) is 0 Å². The molecule has 1 aromatic heterocycles. The number of nitrogen functional groups attached to an aromatic ring is 1. The van der Waals surface area contributed by atoms with Gasteiger partial charge in [-0.15, -0.1) is 11.8 Å². The lowest BCUT2D eigenvalue weighted by atomic mass is 10.2. The highest BCUT2D eigenvalue weighted by Crippen LogP contribution is 2.30. The zero-order valence-corrected chi connectivity index (χ0v) is 10.6. The van der Waals surface area contributed by atoms with Crippen LogP contribution in [0.5, 0.6) is 0 Å². The second kappa shape index (κ2) is 5.39. The van der Waals surface area contributed by atoms with Crippen LogP contribution in [0.4, 0.5) is 14.5 Å². The van der Waals surface area contributed by atoms with Gasteiger partial charge in [-0.3, -0.25) is 4.57 Å². The van der Waals surface area contributed by atoms with Crippen molar-refractivity contribution < 1.29 is 8.78 Å². The molecule has 0 radical (unpaired) electrons. The molecule has 2 rings (SSSR count). The second-order valence-corrected chi connectivity index (χ2v) is 4.82. The summed E-state index contributed by atoms with van der Waals surface area (Å²) in [5.41, 5.74) is 7.60. The van der Waals surface area contributed by atoms with E-state index < -0.39 is 6.55 Å². The quantitative estimate of drug-likeness (QED) is 0.683. The Bertz CT molecular complexity index is 540. The number of aryl methyl sites for hydroxylation is 1. The van der Waals surface area contributed by atoms with Crippen molar-refractivity contribution in [3.8, 4) is 0 Å². The van der Waals surface area contributed by atoms with Crippen molar-refractivity contribution >= 4 is 17.4 Å². The fraction of sp³-hybridized carbons (Fsp3) is 0.250. The van der Waals surface area contributed by atoms with Gasteiger partial charge in [-0.1, -0.05) is 12.1 Å². The van der Waals surface area contributed by atoms with Crippen LogP contribution in [0, 0.1) is 6.92 Å². The molecule has 0 aliphatic carbocycles. The number of hydrogen-bond acceptors (Lipinski definition) is 3. The number of para-hydroxylation sites is 1. The molecule has 2 N–H and O–H groups in total. The molecule has 0 atom stereocenters. The van der Waals surface area contributed by atoms with Gasteiger partial charge in [-0.05, 0) is 18.6 Å². The SMILES string of the molecule is Cc1cccc(SCc2nccn2C(F)F)c1N. The van der Waals surface area contributed by atoms with Crippen molar-refractivity contribution in [3.63, 3.8) is 0 Å². The maximum atomic E-state index is 12.6. The van der Waals surface area contributed by atoms with Crippen molar-refractivity contribution in [3.05, 3.63) is 42.0 Å². The lowest BCUT2D eigenvalue weighted by Gasteiger charge is -2.09. The van der Waals surface area contributed by atoms with Crippen LogP contribution in [0.3, 0.4) is 0 Å². The first kappa shape index (κ1) is 12.9. The molecule has 0 unspecified atom stereocenters. The molecular weight excluding hydrogens is 256 g/mol. The summed E-state index contributed by atoms with van der Waals surface area (Å²) in [6.45, 7) is -0.641. The van der Waals surface area contributed by atoms with Crippen LogP contribution >= 0.6 is 11.8 Å². The summed E-state index contributed by atoms with van der Waals surface area (Å²) in [7, 11) is 0. The molecule has 3 nitrogen and oxygen atoms in total. The van der Waals surface area contributed by atoms with Gasteiger partial charge in [-0.2, -0.15) is 8.78 Å². The summed E-state index contributed by atoms with van der Waals surface area (Å²) in [6, 6.07) is 5.69. The standard InChI is InChI=1S/C12H13F2N3S/c1-8-3-2-4-9(11(8)15)18-7-10-16-5-6-17(10)12(13)14/h2-6,12H,7,15H2,1H3. The number of rotatable bonds is 4. The van der Waals surface area contributed by atoms with Crippen LogP contribution in [-0.4, -0.2) is 9.55 Å². The Balaban J connectivity index is 2.12. The summed E-state index contributed by atoms with van der Waals surface area (Å²) in [6.07, 6.45) is 2.65. The predicted octanol–water partition coefficient (Wildman–Crippen LogP) is 3.46. The molecule has 1 aromatic carbocycles. The maximum Gasteiger partial charge on any atom is 0.319 e. The number of nitrogens with zero attached hydrogens (tertiary/aromatic N) is 2. The largest absolute Gasteiger partial charge is 0.398 e. The lowest BCUT2D eigenvalue weighted by molar-refractivity contribution is 0.0678. The first-order chi connectivity index (χ1) is 8.59. The summed E-state index contributed by atoms with van der Waals surface area (Å²) >= 11 is 1.41. The molecule has 2 aromatic rings. The maximum absolute atomic E-state index is 12.6. The predicted molar refractivity (Wildman–Crippen MR) is 68.6 cm³/mol. The molecule has 0 saturated carbocycles. The molecular formula is C12H13F2N3S. The Morgan fingerprint density at radius 1 is 1.44 bits per heavy atom. The van der Waals surface area contributed by atoms with Crippen LogP contribution < -0.4 is 5.73 Å². The first-order valence-electron chi connectivity index (χ1n) is 5.37. The van der Waals surface area contributed by atoms with Crippen molar-refractivity contribution in [2.45, 2.75) is 24.1 Å². The van der Waals surface area contributed by atoms with E-state index in [1.54, 1.807) is 0 Å². The monoisotopic (exact) mass is 269 g/mol. The third kappa shape index (κ3) is 2.64. The normalized spacial score (nSPS) is 11.1. The van der Waals surface area contributed by atoms with E-state index in [1.165, 1.54) is 24.2 Å². The van der Waals surface area contributed by atoms with Crippen molar-refractivity contribution in [2.75, 3.05) is 5.73 Å². The molecule has 0 fully saturated rings. The van der Waals surface area contributed by atoms with Gasteiger partial charge in [0.2, 0.25) is 0 Å². The molecule has 6 heteroatoms. The Morgan fingerprint density at radius 2 is 2.22 bits per heavy atom. The molecule has 18 heavy (non-hydrogen) atoms. The van der Waals surface area contributed by atoms with Crippen molar-refractivity contribution in [1.82, 2.24) is 9.55 Å². The minimum absolute atomic E-state index is 0.343. The van der Waals surface area contributed by atoms with E-state index >= 15 is 0 Å². The Labute approximate surface area is 108 Å². The molecule has 96 valence electrons. The number of imidazole rings is 1. The summed E-state index contributed by atoms with van der Waals surface area (Å²) in [5.74, 6) is 0.709. The summed E-state index contributed by atoms with van der Waals surface area (Å²) < 4.78 is 26.1. The molecule has 0 amide bonds. The Hall–Kier alpha value is -1.56. The fourth-order valence-corrected chi connectivity index (χ4v) is 2.55. The third-order valence-corrected chi connectivity index (χ3v) is 3.67. The van der Waals surface area contributed by atoms with E-state index in [9.17, 15) is 8.78 Å². The average Bonchev–Trinajstić information content (AvgIpc) is 2.79. The van der Waals surface area contributed by atoms with E-state index in [-0.39, 0.29) is 0 Å². The van der Waals surface area contributed by atoms with Crippen LogP contribution in [0.15, 0.2) is 35.5 Å². The highest BCUT2D eigenvalue weighted by Gasteiger charge is 2.12. The Morgan fingerprint density at radius 3 is 2.94 bits per heavy atom. The number of thioether (sulfide) groups is 1. The molecule has 0 bridgehead atoms. The molecule has 1 heterocycles. The van der Waals surface area contributed by atoms with Gasteiger partial charge in [0.25, 0.3) is 0 Å². The lowest BCUT2D eigenvalue weighted by Crippen LogP contribution is -2.02. The zero-order valence-electron chi connectivity index (χ0n) is 9.81. The number of hydrogen-bond donors (Lipinski definition) is 1. The van der Waals surface area contributed by atoms with Gasteiger partial charge in [0.15, 0.2) is 0 Å². The third-order valence-electron chi connectivity index (χ3n) is 2.60. The van der Waals surface area contributed by atoms with Gasteiger partial charge in [0.1, 0.15) is 5.82 Å². The Kier molecular flexibility index (Phi) is 3.86. The highest BCUT2D eigenvalue weighted by molar-refractivity contribution is 7.98. The van der Waals surface area contributed by atoms with E-state index in [2.05, 4.69) is 4.98 Å². The minimum Gasteiger partial charge on any atom is -0.398 e. The number of alkyl halides is 2. The van der Waals surface area contributed by atoms with E-state index in [1.807, 2.05) is 25.1 Å². The van der Waals surface area contributed by atoms with Gasteiger partial charge in [0, 0.05) is 23.0 Å². The molecule has 0 spiro atoms. The minimum atomic E-state index is -2.56. The van der Waals surface area contributed by atoms with Crippen LogP contribution in [0.25, 0.3) is 0 Å². The van der Waals surface area contributed by atoms with E-state index in [0.717, 1.165) is 15.0 Å². The number of halogens is 2. The fourth-order valence-electron chi connectivity index (χ4n) is 1.56. The van der Waals surface area contributed by atoms with Crippen LogP contribution in [-0.2, 0) is 5.75 Å². The summed E-state index contributed by atoms with van der Waals surface area (Å²) in [5, 5.41) is 0. The summed E-state index contributed by atoms with van der Waals surface area (Å²) in [4.78, 5) is 4.81. The van der Waals surface area contributed by atoms with Crippen molar-refractivity contribution in [2.24, 2.45) is 0 Å². The first-order valence-corrected chi connectivity index (χ1v) is 6.36. The second-order valence-electron chi connectivity index (χ2n) is 3.80. The van der Waals surface area contributed by atoms with Gasteiger partial charge < -0.3 is 5.73 Å². The average molecular weight is 269 g/mol. The number of nitrogens with two attached hydrogens (primary N) is 1. The molecule has 0 aliphatic rings. The number of anilines is 1. The smallest absolute Gasteiger partial charge is 0.319 e. The van der Waals surface area contributed by atoms with Crippen molar-refractivity contribution in [1.29, 1.82) is 0 Å². The molecule has 0 aliphatic heterocycles. The number of benzene rings is 1. The van der Waals surface area contributed by atoms with Gasteiger partial charge in [-0.25, -0.2) is 4.98 Å². The molecule has 0 saturated heterocycles. The van der Waals surface area contributed by atoms with Crippen LogP contribution in [0.1, 0.15) is 17.9 Å². The van der Waals surface area contributed by atoms with E-state index in [4.69, 9.17) is 5.73 Å². The topological polar surface area (TPSA) is 43.8 Å². The highest BCUT2D eigenvalue weighted by atomic mass is 32.2. The van der Waals surface area contributed by atoms with Gasteiger partial charge in [0.05, 0.1) is 5.75 Å². The number of aromatic nitrogens is 2. The van der Waals surface area contributed by atoms with Gasteiger partial charge >= 0.3 is 6.55 Å². The zero-order chi connectivity index (χ0) is 13.1.